The predicted molar refractivity (Wildman–Crippen MR) is 99.6 cm³/mol. The zero-order valence-corrected chi connectivity index (χ0v) is 15.6. The Morgan fingerprint density at radius 1 is 1.12 bits per heavy atom. The largest absolute Gasteiger partial charge is 0.378 e. The average molecular weight is 421 g/mol. The Morgan fingerprint density at radius 2 is 1.81 bits per heavy atom. The highest BCUT2D eigenvalue weighted by Crippen LogP contribution is 2.18. The molecule has 2 aromatic rings. The first-order valence-corrected chi connectivity index (χ1v) is 9.03. The standard InChI is InChI=1S/C19H18BrFN2O3/c20-14-3-6-17(21)16(12-14)19(25)22-15-4-1-13(2-5-15)11-18(24)23-7-9-26-10-8-23/h1-6,12H,7-11H2,(H,22,25). The van der Waals surface area contributed by atoms with Crippen LogP contribution in [0, 0.1) is 5.82 Å². The molecule has 0 radical (unpaired) electrons. The quantitative estimate of drug-likeness (QED) is 0.825. The number of halogens is 2. The SMILES string of the molecule is O=C(Nc1ccc(CC(=O)N2CCOCC2)cc1)c1cc(Br)ccc1F. The van der Waals surface area contributed by atoms with Crippen molar-refractivity contribution in [2.45, 2.75) is 6.42 Å². The summed E-state index contributed by atoms with van der Waals surface area (Å²) in [5.74, 6) is -1.05. The lowest BCUT2D eigenvalue weighted by atomic mass is 10.1. The van der Waals surface area contributed by atoms with Crippen LogP contribution in [-0.2, 0) is 16.0 Å². The van der Waals surface area contributed by atoms with Crippen LogP contribution in [0.3, 0.4) is 0 Å². The molecule has 0 aliphatic carbocycles. The molecule has 0 saturated carbocycles. The topological polar surface area (TPSA) is 58.6 Å². The number of benzene rings is 2. The minimum Gasteiger partial charge on any atom is -0.378 e. The lowest BCUT2D eigenvalue weighted by Crippen LogP contribution is -2.41. The highest BCUT2D eigenvalue weighted by atomic mass is 79.9. The van der Waals surface area contributed by atoms with Gasteiger partial charge in [-0.05, 0) is 35.9 Å². The molecule has 7 heteroatoms. The van der Waals surface area contributed by atoms with Crippen molar-refractivity contribution in [3.8, 4) is 0 Å². The van der Waals surface area contributed by atoms with Gasteiger partial charge in [0.25, 0.3) is 5.91 Å². The molecule has 2 aromatic carbocycles. The van der Waals surface area contributed by atoms with Gasteiger partial charge in [-0.15, -0.1) is 0 Å². The van der Waals surface area contributed by atoms with Gasteiger partial charge in [0.15, 0.2) is 0 Å². The van der Waals surface area contributed by atoms with Gasteiger partial charge in [-0.1, -0.05) is 28.1 Å². The Labute approximate surface area is 159 Å². The Balaban J connectivity index is 1.61. The van der Waals surface area contributed by atoms with E-state index in [1.165, 1.54) is 18.2 Å². The molecule has 0 spiro atoms. The maximum Gasteiger partial charge on any atom is 0.258 e. The molecule has 2 amide bonds. The van der Waals surface area contributed by atoms with Crippen molar-refractivity contribution in [1.82, 2.24) is 4.90 Å². The first-order valence-electron chi connectivity index (χ1n) is 8.24. The van der Waals surface area contributed by atoms with E-state index in [9.17, 15) is 14.0 Å². The van der Waals surface area contributed by atoms with E-state index < -0.39 is 11.7 Å². The number of hydrogen-bond acceptors (Lipinski definition) is 3. The molecule has 1 aliphatic heterocycles. The summed E-state index contributed by atoms with van der Waals surface area (Å²) in [6.07, 6.45) is 0.300. The molecule has 1 heterocycles. The number of nitrogens with one attached hydrogen (secondary N) is 1. The third-order valence-corrected chi connectivity index (χ3v) is 4.60. The van der Waals surface area contributed by atoms with Gasteiger partial charge in [-0.3, -0.25) is 9.59 Å². The average Bonchev–Trinajstić information content (AvgIpc) is 2.66. The van der Waals surface area contributed by atoms with Crippen molar-refractivity contribution in [2.75, 3.05) is 31.6 Å². The molecule has 26 heavy (non-hydrogen) atoms. The summed E-state index contributed by atoms with van der Waals surface area (Å²) in [5, 5.41) is 2.66. The smallest absolute Gasteiger partial charge is 0.258 e. The van der Waals surface area contributed by atoms with Crippen LogP contribution in [0.15, 0.2) is 46.9 Å². The van der Waals surface area contributed by atoms with Gasteiger partial charge < -0.3 is 15.0 Å². The number of hydrogen-bond donors (Lipinski definition) is 1. The normalized spacial score (nSPS) is 14.2. The fourth-order valence-corrected chi connectivity index (χ4v) is 3.04. The van der Waals surface area contributed by atoms with E-state index in [0.29, 0.717) is 42.9 Å². The molecule has 3 rings (SSSR count). The monoisotopic (exact) mass is 420 g/mol. The first-order chi connectivity index (χ1) is 12.5. The number of anilines is 1. The van der Waals surface area contributed by atoms with Crippen LogP contribution >= 0.6 is 15.9 Å². The van der Waals surface area contributed by atoms with Gasteiger partial charge >= 0.3 is 0 Å². The number of carbonyl (C=O) groups is 2. The molecule has 136 valence electrons. The number of ether oxygens (including phenoxy) is 1. The molecule has 0 unspecified atom stereocenters. The van der Waals surface area contributed by atoms with Gasteiger partial charge in [0.05, 0.1) is 25.2 Å². The zero-order chi connectivity index (χ0) is 18.5. The van der Waals surface area contributed by atoms with Crippen molar-refractivity contribution in [3.63, 3.8) is 0 Å². The summed E-state index contributed by atoms with van der Waals surface area (Å²) in [6, 6.07) is 11.2. The Kier molecular flexibility index (Phi) is 6.00. The molecule has 0 aromatic heterocycles. The van der Waals surface area contributed by atoms with E-state index in [-0.39, 0.29) is 11.5 Å². The van der Waals surface area contributed by atoms with E-state index in [1.807, 2.05) is 0 Å². The molecule has 1 N–H and O–H groups in total. The van der Waals surface area contributed by atoms with Crippen LogP contribution in [0.5, 0.6) is 0 Å². The second kappa shape index (κ2) is 8.42. The Hall–Kier alpha value is -2.25. The molecular formula is C19H18BrFN2O3. The van der Waals surface area contributed by atoms with Crippen molar-refractivity contribution < 1.29 is 18.7 Å². The highest BCUT2D eigenvalue weighted by molar-refractivity contribution is 9.10. The van der Waals surface area contributed by atoms with Crippen LogP contribution in [-0.4, -0.2) is 43.0 Å². The summed E-state index contributed by atoms with van der Waals surface area (Å²) in [7, 11) is 0. The fourth-order valence-electron chi connectivity index (χ4n) is 2.68. The number of rotatable bonds is 4. The lowest BCUT2D eigenvalue weighted by Gasteiger charge is -2.26. The second-order valence-electron chi connectivity index (χ2n) is 5.95. The second-order valence-corrected chi connectivity index (χ2v) is 6.86. The zero-order valence-electron chi connectivity index (χ0n) is 14.0. The van der Waals surface area contributed by atoms with Gasteiger partial charge in [0.1, 0.15) is 5.82 Å². The summed E-state index contributed by atoms with van der Waals surface area (Å²) >= 11 is 3.22. The molecule has 0 atom stereocenters. The van der Waals surface area contributed by atoms with Crippen molar-refractivity contribution in [2.24, 2.45) is 0 Å². The molecule has 1 aliphatic rings. The van der Waals surface area contributed by atoms with E-state index >= 15 is 0 Å². The lowest BCUT2D eigenvalue weighted by molar-refractivity contribution is -0.134. The number of carbonyl (C=O) groups excluding carboxylic acids is 2. The summed E-state index contributed by atoms with van der Waals surface area (Å²) in [6.45, 7) is 2.38. The van der Waals surface area contributed by atoms with Gasteiger partial charge in [-0.25, -0.2) is 4.39 Å². The van der Waals surface area contributed by atoms with E-state index in [0.717, 1.165) is 5.56 Å². The summed E-state index contributed by atoms with van der Waals surface area (Å²) in [4.78, 5) is 26.2. The molecule has 5 nitrogen and oxygen atoms in total. The number of morpholine rings is 1. The van der Waals surface area contributed by atoms with Gasteiger partial charge in [0, 0.05) is 23.2 Å². The van der Waals surface area contributed by atoms with E-state index in [2.05, 4.69) is 21.2 Å². The van der Waals surface area contributed by atoms with Gasteiger partial charge in [0.2, 0.25) is 5.91 Å². The van der Waals surface area contributed by atoms with Crippen molar-refractivity contribution in [1.29, 1.82) is 0 Å². The fraction of sp³-hybridized carbons (Fsp3) is 0.263. The molecule has 0 bridgehead atoms. The molecule has 1 fully saturated rings. The third kappa shape index (κ3) is 4.68. The van der Waals surface area contributed by atoms with Gasteiger partial charge in [-0.2, -0.15) is 0 Å². The third-order valence-electron chi connectivity index (χ3n) is 4.10. The highest BCUT2D eigenvalue weighted by Gasteiger charge is 2.17. The maximum absolute atomic E-state index is 13.8. The molecular weight excluding hydrogens is 403 g/mol. The maximum atomic E-state index is 13.8. The number of nitrogens with zero attached hydrogens (tertiary/aromatic N) is 1. The summed E-state index contributed by atoms with van der Waals surface area (Å²) in [5.41, 5.74) is 1.36. The van der Waals surface area contributed by atoms with E-state index in [1.54, 1.807) is 29.2 Å². The van der Waals surface area contributed by atoms with Crippen LogP contribution in [0.2, 0.25) is 0 Å². The minimum absolute atomic E-state index is 0.0362. The first kappa shape index (κ1) is 18.5. The Morgan fingerprint density at radius 3 is 2.50 bits per heavy atom. The number of amides is 2. The van der Waals surface area contributed by atoms with E-state index in [4.69, 9.17) is 4.74 Å². The van der Waals surface area contributed by atoms with Crippen LogP contribution in [0.1, 0.15) is 15.9 Å². The van der Waals surface area contributed by atoms with Crippen molar-refractivity contribution >= 4 is 33.4 Å². The van der Waals surface area contributed by atoms with Crippen LogP contribution < -0.4 is 5.32 Å². The summed E-state index contributed by atoms with van der Waals surface area (Å²) < 4.78 is 19.6. The minimum atomic E-state index is -0.585. The van der Waals surface area contributed by atoms with Crippen LogP contribution in [0.4, 0.5) is 10.1 Å². The van der Waals surface area contributed by atoms with Crippen molar-refractivity contribution in [3.05, 3.63) is 63.9 Å². The predicted octanol–water partition coefficient (Wildman–Crippen LogP) is 3.24. The molecule has 1 saturated heterocycles. The van der Waals surface area contributed by atoms with Crippen LogP contribution in [0.25, 0.3) is 0 Å². The Bertz CT molecular complexity index is 805.